The zero-order valence-corrected chi connectivity index (χ0v) is 36.0. The van der Waals surface area contributed by atoms with Crippen molar-refractivity contribution in [3.63, 3.8) is 0 Å². The van der Waals surface area contributed by atoms with Crippen molar-refractivity contribution in [3.05, 3.63) is 162 Å². The summed E-state index contributed by atoms with van der Waals surface area (Å²) in [5.41, 5.74) is 5.92. The summed E-state index contributed by atoms with van der Waals surface area (Å²) in [6, 6.07) is 39.7. The number of amides is 3. The maximum atomic E-state index is 14.0. The zero-order valence-electron chi connectivity index (χ0n) is 36.0. The van der Waals surface area contributed by atoms with Gasteiger partial charge in [0.05, 0.1) is 6.04 Å². The standard InChI is InChI=1S/C51H57FN6O4/c1-55(2)46(37-13-7-5-8-14-37)48(59)43-17-11-18-44(43)49(60)53-40-26-20-35(21-27-40)33-57(42-30-24-39(52)25-31-42)34-36-22-28-41(29-23-36)54-50(61)45-19-12-32-58(45)51(62)47(56(3)4)38-15-9-6-10-16-38/h5-10,13-16,20-31,43-47H,11-12,17-19,32-34H2,1-4H3,(H,53,60)(H,54,61)/t43?,44-,45+,46-,47-/m1/s1. The van der Waals surface area contributed by atoms with E-state index in [4.69, 9.17) is 0 Å². The third kappa shape index (κ3) is 10.5. The number of likely N-dealkylation sites (tertiary alicyclic amines) is 1. The minimum atomic E-state index is -0.563. The highest BCUT2D eigenvalue weighted by molar-refractivity contribution is 5.99. The first-order chi connectivity index (χ1) is 30.0. The van der Waals surface area contributed by atoms with Crippen molar-refractivity contribution >= 4 is 40.6 Å². The van der Waals surface area contributed by atoms with Gasteiger partial charge in [0.1, 0.15) is 17.9 Å². The first kappa shape index (κ1) is 43.9. The number of carbonyl (C=O) groups excluding carboxylic acids is 4. The Balaban J connectivity index is 0.983. The maximum Gasteiger partial charge on any atom is 0.247 e. The molecular weight excluding hydrogens is 780 g/mol. The van der Waals surface area contributed by atoms with Gasteiger partial charge in [0, 0.05) is 48.5 Å². The third-order valence-corrected chi connectivity index (χ3v) is 12.2. The number of ketones is 1. The maximum absolute atomic E-state index is 14.0. The molecule has 1 saturated carbocycles. The van der Waals surface area contributed by atoms with Gasteiger partial charge in [-0.15, -0.1) is 0 Å². The van der Waals surface area contributed by atoms with Crippen molar-refractivity contribution in [2.45, 2.75) is 63.3 Å². The number of halogens is 1. The lowest BCUT2D eigenvalue weighted by molar-refractivity contribution is -0.140. The second kappa shape index (κ2) is 20.1. The molecule has 1 heterocycles. The quantitative estimate of drug-likeness (QED) is 0.103. The summed E-state index contributed by atoms with van der Waals surface area (Å²) in [6.45, 7) is 1.54. The van der Waals surface area contributed by atoms with Crippen LogP contribution in [0.3, 0.4) is 0 Å². The predicted octanol–water partition coefficient (Wildman–Crippen LogP) is 8.49. The van der Waals surface area contributed by atoms with Crippen LogP contribution in [0.2, 0.25) is 0 Å². The smallest absolute Gasteiger partial charge is 0.247 e. The van der Waals surface area contributed by atoms with Crippen LogP contribution in [0.5, 0.6) is 0 Å². The number of anilines is 3. The lowest BCUT2D eigenvalue weighted by atomic mass is 9.85. The molecule has 3 amide bonds. The van der Waals surface area contributed by atoms with Crippen LogP contribution in [-0.4, -0.2) is 79.0 Å². The van der Waals surface area contributed by atoms with Gasteiger partial charge in [-0.3, -0.25) is 29.0 Å². The summed E-state index contributed by atoms with van der Waals surface area (Å²) in [4.78, 5) is 62.7. The molecule has 10 nitrogen and oxygen atoms in total. The van der Waals surface area contributed by atoms with Gasteiger partial charge in [0.15, 0.2) is 5.78 Å². The van der Waals surface area contributed by atoms with Crippen LogP contribution in [-0.2, 0) is 32.3 Å². The van der Waals surface area contributed by atoms with Crippen molar-refractivity contribution in [2.24, 2.45) is 11.8 Å². The molecule has 2 fully saturated rings. The summed E-state index contributed by atoms with van der Waals surface area (Å²) in [6.07, 6.45) is 3.54. The van der Waals surface area contributed by atoms with E-state index in [-0.39, 0.29) is 35.2 Å². The molecule has 2 N–H and O–H groups in total. The van der Waals surface area contributed by atoms with Crippen LogP contribution in [0.25, 0.3) is 0 Å². The number of hydrogen-bond acceptors (Lipinski definition) is 7. The van der Waals surface area contributed by atoms with Gasteiger partial charge in [-0.2, -0.15) is 0 Å². The molecule has 1 aliphatic heterocycles. The Morgan fingerprint density at radius 3 is 1.63 bits per heavy atom. The van der Waals surface area contributed by atoms with Crippen molar-refractivity contribution in [1.82, 2.24) is 14.7 Å². The van der Waals surface area contributed by atoms with Crippen LogP contribution < -0.4 is 15.5 Å². The molecule has 5 aromatic carbocycles. The average Bonchev–Trinajstić information content (AvgIpc) is 3.98. The molecule has 7 rings (SSSR count). The largest absolute Gasteiger partial charge is 0.363 e. The topological polar surface area (TPSA) is 105 Å². The van der Waals surface area contributed by atoms with E-state index in [1.807, 2.05) is 147 Å². The molecule has 1 unspecified atom stereocenters. The fraction of sp³-hybridized carbons (Fsp3) is 0.333. The number of nitrogens with zero attached hydrogens (tertiary/aromatic N) is 4. The van der Waals surface area contributed by atoms with Crippen molar-refractivity contribution in [2.75, 3.05) is 50.3 Å². The lowest BCUT2D eigenvalue weighted by Gasteiger charge is -2.31. The molecule has 2 aliphatic rings. The third-order valence-electron chi connectivity index (χ3n) is 12.2. The van der Waals surface area contributed by atoms with E-state index in [9.17, 15) is 23.6 Å². The Morgan fingerprint density at radius 1 is 0.597 bits per heavy atom. The highest BCUT2D eigenvalue weighted by Crippen LogP contribution is 2.38. The highest BCUT2D eigenvalue weighted by atomic mass is 19.1. The summed E-state index contributed by atoms with van der Waals surface area (Å²) in [5.74, 6) is -1.43. The van der Waals surface area contributed by atoms with Gasteiger partial charge >= 0.3 is 0 Å². The minimum Gasteiger partial charge on any atom is -0.363 e. The summed E-state index contributed by atoms with van der Waals surface area (Å²) in [5, 5.41) is 6.13. The van der Waals surface area contributed by atoms with Crippen molar-refractivity contribution in [1.29, 1.82) is 0 Å². The Morgan fingerprint density at radius 2 is 1.10 bits per heavy atom. The molecule has 0 radical (unpaired) electrons. The van der Waals surface area contributed by atoms with Gasteiger partial charge < -0.3 is 20.4 Å². The van der Waals surface area contributed by atoms with Gasteiger partial charge in [-0.25, -0.2) is 4.39 Å². The van der Waals surface area contributed by atoms with Crippen LogP contribution >= 0.6 is 0 Å². The van der Waals surface area contributed by atoms with Crippen LogP contribution in [0.1, 0.15) is 66.4 Å². The Labute approximate surface area is 364 Å². The second-order valence-corrected chi connectivity index (χ2v) is 17.0. The number of Topliss-reactive ketones (excluding diaryl/α,β-unsaturated/α-hetero) is 1. The molecule has 62 heavy (non-hydrogen) atoms. The van der Waals surface area contributed by atoms with Crippen LogP contribution in [0, 0.1) is 17.7 Å². The number of rotatable bonds is 16. The normalized spacial score (nSPS) is 18.4. The summed E-state index contributed by atoms with van der Waals surface area (Å²) >= 11 is 0. The van der Waals surface area contributed by atoms with Gasteiger partial charge in [0.25, 0.3) is 0 Å². The highest BCUT2D eigenvalue weighted by Gasteiger charge is 2.42. The van der Waals surface area contributed by atoms with Crippen LogP contribution in [0.4, 0.5) is 21.5 Å². The Bertz CT molecular complexity index is 2150. The predicted molar refractivity (Wildman–Crippen MR) is 243 cm³/mol. The molecule has 5 aromatic rings. The van der Waals surface area contributed by atoms with E-state index in [1.165, 1.54) is 12.1 Å². The van der Waals surface area contributed by atoms with Gasteiger partial charge in [-0.05, 0) is 125 Å². The van der Waals surface area contributed by atoms with E-state index in [1.54, 1.807) is 17.0 Å². The minimum absolute atomic E-state index is 0.0798. The SMILES string of the molecule is CN(C)[C@@H](C(=O)C1CCC[C@H]1C(=O)Nc1ccc(CN(Cc2ccc(NC(=O)[C@@H]3CCCN3C(=O)[C@@H](c3ccccc3)N(C)C)cc2)c2ccc(F)cc2)cc1)c1ccccc1. The van der Waals surface area contributed by atoms with Gasteiger partial charge in [0.2, 0.25) is 17.7 Å². The molecule has 322 valence electrons. The van der Waals surface area contributed by atoms with E-state index >= 15 is 0 Å². The first-order valence-corrected chi connectivity index (χ1v) is 21.5. The monoisotopic (exact) mass is 836 g/mol. The fourth-order valence-corrected chi connectivity index (χ4v) is 9.11. The van der Waals surface area contributed by atoms with E-state index in [2.05, 4.69) is 15.5 Å². The van der Waals surface area contributed by atoms with E-state index in [0.717, 1.165) is 40.8 Å². The molecule has 1 saturated heterocycles. The van der Waals surface area contributed by atoms with Crippen molar-refractivity contribution in [3.8, 4) is 0 Å². The number of nitrogens with one attached hydrogen (secondary N) is 2. The zero-order chi connectivity index (χ0) is 43.8. The number of carbonyl (C=O) groups is 4. The Kier molecular flexibility index (Phi) is 14.3. The van der Waals surface area contributed by atoms with Crippen LogP contribution in [0.15, 0.2) is 133 Å². The molecular formula is C51H57FN6O4. The lowest BCUT2D eigenvalue weighted by Crippen LogP contribution is -2.47. The molecule has 5 atom stereocenters. The van der Waals surface area contributed by atoms with E-state index < -0.39 is 24.0 Å². The summed E-state index contributed by atoms with van der Waals surface area (Å²) in [7, 11) is 7.56. The second-order valence-electron chi connectivity index (χ2n) is 17.0. The molecule has 0 spiro atoms. The number of hydrogen-bond donors (Lipinski definition) is 2. The first-order valence-electron chi connectivity index (χ1n) is 21.5. The Hall–Kier alpha value is -6.17. The molecule has 0 aromatic heterocycles. The molecule has 11 heteroatoms. The van der Waals surface area contributed by atoms with Crippen molar-refractivity contribution < 1.29 is 23.6 Å². The number of likely N-dealkylation sites (N-methyl/N-ethyl adjacent to an activating group) is 2. The average molecular weight is 837 g/mol. The fourth-order valence-electron chi connectivity index (χ4n) is 9.11. The molecule has 0 bridgehead atoms. The van der Waals surface area contributed by atoms with E-state index in [0.29, 0.717) is 50.3 Å². The van der Waals surface area contributed by atoms with Gasteiger partial charge in [-0.1, -0.05) is 91.3 Å². The summed E-state index contributed by atoms with van der Waals surface area (Å²) < 4.78 is 14.0. The number of benzene rings is 5. The molecule has 1 aliphatic carbocycles.